The van der Waals surface area contributed by atoms with Gasteiger partial charge < -0.3 is 14.6 Å². The van der Waals surface area contributed by atoms with Gasteiger partial charge in [0.2, 0.25) is 5.88 Å². The van der Waals surface area contributed by atoms with Crippen molar-refractivity contribution in [2.75, 3.05) is 44.2 Å². The summed E-state index contributed by atoms with van der Waals surface area (Å²) < 4.78 is 5.83. The Labute approximate surface area is 177 Å². The van der Waals surface area contributed by atoms with Crippen LogP contribution in [0.15, 0.2) is 66.9 Å². The largest absolute Gasteiger partial charge is 0.478 e. The van der Waals surface area contributed by atoms with Crippen LogP contribution in [0.2, 0.25) is 0 Å². The van der Waals surface area contributed by atoms with Gasteiger partial charge in [0.05, 0.1) is 6.61 Å². The second-order valence-corrected chi connectivity index (χ2v) is 7.95. The standard InChI is InChI=1S/C25H28N4O/c1-2-8-22-20(6-1)7-5-9-23(22)29-17-15-28(16-18-29)14-3-4-19-30-24-11-10-21-12-13-26-25(21)27-24/h1-2,5-13H,3-4,14-19H2,(H,26,27). The molecule has 1 aliphatic rings. The minimum absolute atomic E-state index is 0.702. The number of aromatic nitrogens is 2. The lowest BCUT2D eigenvalue weighted by molar-refractivity contribution is 0.237. The zero-order valence-electron chi connectivity index (χ0n) is 17.3. The highest BCUT2D eigenvalue weighted by atomic mass is 16.5. The summed E-state index contributed by atoms with van der Waals surface area (Å²) in [5.41, 5.74) is 2.25. The Morgan fingerprint density at radius 2 is 1.70 bits per heavy atom. The highest BCUT2D eigenvalue weighted by Crippen LogP contribution is 2.27. The van der Waals surface area contributed by atoms with Gasteiger partial charge >= 0.3 is 0 Å². The van der Waals surface area contributed by atoms with Crippen LogP contribution >= 0.6 is 0 Å². The van der Waals surface area contributed by atoms with Gasteiger partial charge in [-0.3, -0.25) is 4.90 Å². The highest BCUT2D eigenvalue weighted by Gasteiger charge is 2.18. The van der Waals surface area contributed by atoms with Crippen LogP contribution in [0.4, 0.5) is 5.69 Å². The number of pyridine rings is 1. The van der Waals surface area contributed by atoms with Crippen LogP contribution in [-0.4, -0.2) is 54.2 Å². The van der Waals surface area contributed by atoms with Gasteiger partial charge in [0.25, 0.3) is 0 Å². The molecule has 2 aromatic heterocycles. The minimum atomic E-state index is 0.702. The maximum Gasteiger partial charge on any atom is 0.215 e. The monoisotopic (exact) mass is 400 g/mol. The molecular formula is C25H28N4O. The number of nitrogens with one attached hydrogen (secondary N) is 1. The Kier molecular flexibility index (Phi) is 5.53. The number of fused-ring (bicyclic) bond motifs is 2. The van der Waals surface area contributed by atoms with Crippen molar-refractivity contribution in [2.45, 2.75) is 12.8 Å². The van der Waals surface area contributed by atoms with E-state index in [1.807, 2.05) is 24.4 Å². The van der Waals surface area contributed by atoms with Crippen LogP contribution in [0.1, 0.15) is 12.8 Å². The molecule has 1 N–H and O–H groups in total. The second-order valence-electron chi connectivity index (χ2n) is 7.95. The van der Waals surface area contributed by atoms with Crippen LogP contribution < -0.4 is 9.64 Å². The predicted octanol–water partition coefficient (Wildman–Crippen LogP) is 4.70. The van der Waals surface area contributed by atoms with Crippen molar-refractivity contribution in [1.82, 2.24) is 14.9 Å². The molecule has 1 aliphatic heterocycles. The fraction of sp³-hybridized carbons (Fsp3) is 0.320. The molecule has 0 unspecified atom stereocenters. The number of rotatable bonds is 7. The van der Waals surface area contributed by atoms with Crippen molar-refractivity contribution in [1.29, 1.82) is 0 Å². The van der Waals surface area contributed by atoms with E-state index < -0.39 is 0 Å². The fourth-order valence-electron chi connectivity index (χ4n) is 4.30. The van der Waals surface area contributed by atoms with Crippen molar-refractivity contribution in [3.8, 4) is 5.88 Å². The Bertz CT molecular complexity index is 1110. The molecule has 154 valence electrons. The number of hydrogen-bond donors (Lipinski definition) is 1. The van der Waals surface area contributed by atoms with Gasteiger partial charge in [-0.1, -0.05) is 36.4 Å². The van der Waals surface area contributed by atoms with E-state index >= 15 is 0 Å². The summed E-state index contributed by atoms with van der Waals surface area (Å²) in [7, 11) is 0. The SMILES string of the molecule is c1ccc2c(N3CCN(CCCCOc4ccc5cc[nH]c5n4)CC3)cccc2c1. The van der Waals surface area contributed by atoms with Crippen LogP contribution in [0.3, 0.4) is 0 Å². The van der Waals surface area contributed by atoms with Gasteiger partial charge in [-0.2, -0.15) is 4.98 Å². The predicted molar refractivity (Wildman–Crippen MR) is 123 cm³/mol. The van der Waals surface area contributed by atoms with Crippen molar-refractivity contribution in [3.05, 3.63) is 66.9 Å². The average molecular weight is 401 g/mol. The summed E-state index contributed by atoms with van der Waals surface area (Å²) in [6.45, 7) is 6.27. The third-order valence-electron chi connectivity index (χ3n) is 5.98. The number of unbranched alkanes of at least 4 members (excludes halogenated alkanes) is 1. The van der Waals surface area contributed by atoms with Gasteiger partial charge in [-0.25, -0.2) is 0 Å². The Balaban J connectivity index is 1.06. The van der Waals surface area contributed by atoms with E-state index in [-0.39, 0.29) is 0 Å². The molecule has 30 heavy (non-hydrogen) atoms. The molecule has 4 aromatic rings. The Hall–Kier alpha value is -3.05. The maximum atomic E-state index is 5.83. The lowest BCUT2D eigenvalue weighted by Gasteiger charge is -2.36. The third-order valence-corrected chi connectivity index (χ3v) is 5.98. The maximum absolute atomic E-state index is 5.83. The highest BCUT2D eigenvalue weighted by molar-refractivity contribution is 5.94. The van der Waals surface area contributed by atoms with Gasteiger partial charge in [0, 0.05) is 54.9 Å². The molecule has 5 rings (SSSR count). The molecule has 1 fully saturated rings. The molecule has 0 radical (unpaired) electrons. The zero-order valence-corrected chi connectivity index (χ0v) is 17.3. The first-order chi connectivity index (χ1) is 14.9. The molecule has 2 aromatic carbocycles. The molecular weight excluding hydrogens is 372 g/mol. The normalized spacial score (nSPS) is 15.1. The number of aromatic amines is 1. The summed E-state index contributed by atoms with van der Waals surface area (Å²) in [6, 6.07) is 21.3. The van der Waals surface area contributed by atoms with Crippen LogP contribution in [0.25, 0.3) is 21.8 Å². The summed E-state index contributed by atoms with van der Waals surface area (Å²) in [5, 5.41) is 3.80. The van der Waals surface area contributed by atoms with E-state index in [1.54, 1.807) is 0 Å². The Morgan fingerprint density at radius 1 is 0.833 bits per heavy atom. The number of nitrogens with zero attached hydrogens (tertiary/aromatic N) is 3. The molecule has 3 heterocycles. The summed E-state index contributed by atoms with van der Waals surface area (Å²) >= 11 is 0. The Morgan fingerprint density at radius 3 is 2.63 bits per heavy atom. The first-order valence-electron chi connectivity index (χ1n) is 10.9. The summed E-state index contributed by atoms with van der Waals surface area (Å²) in [5.74, 6) is 0.702. The second kappa shape index (κ2) is 8.76. The first kappa shape index (κ1) is 18.9. The summed E-state index contributed by atoms with van der Waals surface area (Å²) in [4.78, 5) is 12.7. The molecule has 0 spiro atoms. The number of benzene rings is 2. The van der Waals surface area contributed by atoms with Crippen molar-refractivity contribution >= 4 is 27.5 Å². The number of piperazine rings is 1. The number of ether oxygens (including phenoxy) is 1. The molecule has 0 aliphatic carbocycles. The van der Waals surface area contributed by atoms with Crippen molar-refractivity contribution in [3.63, 3.8) is 0 Å². The van der Waals surface area contributed by atoms with Crippen molar-refractivity contribution in [2.24, 2.45) is 0 Å². The third kappa shape index (κ3) is 4.12. The molecule has 0 bridgehead atoms. The van der Waals surface area contributed by atoms with Gasteiger partial charge in [0.15, 0.2) is 0 Å². The number of H-pyrrole nitrogens is 1. The molecule has 0 amide bonds. The van der Waals surface area contributed by atoms with E-state index in [0.717, 1.165) is 63.2 Å². The molecule has 0 atom stereocenters. The average Bonchev–Trinajstić information content (AvgIpc) is 3.27. The molecule has 0 saturated carbocycles. The van der Waals surface area contributed by atoms with E-state index in [0.29, 0.717) is 5.88 Å². The zero-order chi connectivity index (χ0) is 20.2. The minimum Gasteiger partial charge on any atom is -0.478 e. The van der Waals surface area contributed by atoms with Crippen LogP contribution in [0, 0.1) is 0 Å². The summed E-state index contributed by atoms with van der Waals surface area (Å²) in [6.07, 6.45) is 4.11. The van der Waals surface area contributed by atoms with Gasteiger partial charge in [-0.15, -0.1) is 0 Å². The van der Waals surface area contributed by atoms with E-state index in [9.17, 15) is 0 Å². The lowest BCUT2D eigenvalue weighted by atomic mass is 10.1. The van der Waals surface area contributed by atoms with E-state index in [2.05, 4.69) is 62.2 Å². The lowest BCUT2D eigenvalue weighted by Crippen LogP contribution is -2.46. The molecule has 5 nitrogen and oxygen atoms in total. The number of hydrogen-bond acceptors (Lipinski definition) is 4. The van der Waals surface area contributed by atoms with Crippen molar-refractivity contribution < 1.29 is 4.74 Å². The fourth-order valence-corrected chi connectivity index (χ4v) is 4.30. The van der Waals surface area contributed by atoms with E-state index in [1.165, 1.54) is 16.5 Å². The smallest absolute Gasteiger partial charge is 0.215 e. The molecule has 5 heteroatoms. The first-order valence-corrected chi connectivity index (χ1v) is 10.9. The quantitative estimate of drug-likeness (QED) is 0.457. The topological polar surface area (TPSA) is 44.4 Å². The van der Waals surface area contributed by atoms with Gasteiger partial charge in [0.1, 0.15) is 5.65 Å². The van der Waals surface area contributed by atoms with Crippen LogP contribution in [0.5, 0.6) is 5.88 Å². The number of anilines is 1. The molecule has 1 saturated heterocycles. The van der Waals surface area contributed by atoms with E-state index in [4.69, 9.17) is 4.74 Å². The van der Waals surface area contributed by atoms with Crippen LogP contribution in [-0.2, 0) is 0 Å². The van der Waals surface area contributed by atoms with Gasteiger partial charge in [-0.05, 0) is 43.0 Å².